The van der Waals surface area contributed by atoms with Crippen LogP contribution in [-0.2, 0) is 14.3 Å². The zero-order chi connectivity index (χ0) is 13.5. The number of rotatable bonds is 5. The summed E-state index contributed by atoms with van der Waals surface area (Å²) in [6, 6.07) is 4.25. The van der Waals surface area contributed by atoms with Crippen LogP contribution in [0, 0.1) is 5.82 Å². The van der Waals surface area contributed by atoms with Gasteiger partial charge < -0.3 is 10.1 Å². The van der Waals surface area contributed by atoms with Gasteiger partial charge in [-0.3, -0.25) is 4.79 Å². The second kappa shape index (κ2) is 6.96. The lowest BCUT2D eigenvalue weighted by Gasteiger charge is -2.17. The Morgan fingerprint density at radius 1 is 1.39 bits per heavy atom. The predicted molar refractivity (Wildman–Crippen MR) is 64.6 cm³/mol. The molecule has 6 heteroatoms. The molecule has 18 heavy (non-hydrogen) atoms. The minimum Gasteiger partial charge on any atom is -0.464 e. The van der Waals surface area contributed by atoms with Crippen LogP contribution in [0.5, 0.6) is 0 Å². The minimum atomic E-state index is -0.975. The summed E-state index contributed by atoms with van der Waals surface area (Å²) in [5, 5.41) is 2.42. The van der Waals surface area contributed by atoms with E-state index in [0.717, 1.165) is 0 Å². The van der Waals surface area contributed by atoms with E-state index in [1.54, 1.807) is 6.92 Å². The van der Waals surface area contributed by atoms with Crippen molar-refractivity contribution >= 4 is 23.5 Å². The van der Waals surface area contributed by atoms with Crippen LogP contribution in [0.4, 0.5) is 4.39 Å². The Morgan fingerprint density at radius 2 is 2.00 bits per heavy atom. The molecule has 0 aliphatic carbocycles. The molecule has 0 radical (unpaired) electrons. The summed E-state index contributed by atoms with van der Waals surface area (Å²) in [6.45, 7) is 1.84. The van der Waals surface area contributed by atoms with E-state index >= 15 is 0 Å². The van der Waals surface area contributed by atoms with Crippen LogP contribution in [0.25, 0.3) is 0 Å². The smallest absolute Gasteiger partial charge is 0.333 e. The van der Waals surface area contributed by atoms with E-state index in [9.17, 15) is 14.0 Å². The minimum absolute atomic E-state index is 0.188. The summed E-state index contributed by atoms with van der Waals surface area (Å²) in [4.78, 5) is 23.0. The number of amides is 1. The van der Waals surface area contributed by atoms with Gasteiger partial charge in [-0.25, -0.2) is 9.18 Å². The van der Waals surface area contributed by atoms with Crippen LogP contribution in [0.2, 0.25) is 0 Å². The molecule has 0 unspecified atom stereocenters. The third kappa shape index (κ3) is 4.00. The van der Waals surface area contributed by atoms with Gasteiger partial charge in [0, 0.05) is 0 Å². The Labute approximate surface area is 109 Å². The highest BCUT2D eigenvalue weighted by atomic mass is 35.5. The largest absolute Gasteiger partial charge is 0.464 e. The van der Waals surface area contributed by atoms with Crippen LogP contribution in [-0.4, -0.2) is 24.4 Å². The number of carbonyl (C=O) groups excluding carboxylic acids is 2. The number of carbonyl (C=O) groups is 2. The Kier molecular flexibility index (Phi) is 5.58. The molecule has 0 bridgehead atoms. The highest BCUT2D eigenvalue weighted by Gasteiger charge is 2.23. The summed E-state index contributed by atoms with van der Waals surface area (Å²) in [6.07, 6.45) is 0. The monoisotopic (exact) mass is 273 g/mol. The predicted octanol–water partition coefficient (Wildman–Crippen LogP) is 1.78. The number of esters is 1. The first kappa shape index (κ1) is 14.4. The van der Waals surface area contributed by atoms with Gasteiger partial charge in [0.15, 0.2) is 6.04 Å². The quantitative estimate of drug-likeness (QED) is 0.657. The molecular weight excluding hydrogens is 261 g/mol. The van der Waals surface area contributed by atoms with Crippen LogP contribution in [0.3, 0.4) is 0 Å². The topological polar surface area (TPSA) is 55.4 Å². The zero-order valence-corrected chi connectivity index (χ0v) is 10.5. The van der Waals surface area contributed by atoms with E-state index in [1.807, 2.05) is 0 Å². The van der Waals surface area contributed by atoms with Gasteiger partial charge in [-0.15, -0.1) is 11.6 Å². The fourth-order valence-electron chi connectivity index (χ4n) is 1.36. The Balaban J connectivity index is 2.92. The second-order valence-electron chi connectivity index (χ2n) is 3.44. The molecule has 1 aromatic rings. The fraction of sp³-hybridized carbons (Fsp3) is 0.333. The van der Waals surface area contributed by atoms with Gasteiger partial charge >= 0.3 is 5.97 Å². The maximum atomic E-state index is 12.8. The van der Waals surface area contributed by atoms with Crippen molar-refractivity contribution in [3.8, 4) is 0 Å². The van der Waals surface area contributed by atoms with Crippen LogP contribution >= 0.6 is 11.6 Å². The third-order valence-electron chi connectivity index (χ3n) is 2.15. The van der Waals surface area contributed by atoms with Gasteiger partial charge in [-0.2, -0.15) is 0 Å². The van der Waals surface area contributed by atoms with Gasteiger partial charge in [0.05, 0.1) is 6.61 Å². The molecule has 0 saturated heterocycles. The van der Waals surface area contributed by atoms with Crippen molar-refractivity contribution < 1.29 is 18.7 Å². The van der Waals surface area contributed by atoms with E-state index < -0.39 is 23.7 Å². The van der Waals surface area contributed by atoms with Gasteiger partial charge in [-0.1, -0.05) is 12.1 Å². The molecule has 4 nitrogen and oxygen atoms in total. The lowest BCUT2D eigenvalue weighted by molar-refractivity contribution is -0.147. The summed E-state index contributed by atoms with van der Waals surface area (Å²) in [7, 11) is 0. The highest BCUT2D eigenvalue weighted by Crippen LogP contribution is 2.15. The molecule has 0 aliphatic rings. The zero-order valence-electron chi connectivity index (χ0n) is 9.78. The highest BCUT2D eigenvalue weighted by molar-refractivity contribution is 6.27. The molecule has 0 aromatic heterocycles. The number of alkyl halides is 1. The van der Waals surface area contributed by atoms with E-state index in [0.29, 0.717) is 5.56 Å². The average molecular weight is 274 g/mol. The lowest BCUT2D eigenvalue weighted by atomic mass is 10.1. The number of hydrogen-bond donors (Lipinski definition) is 1. The first-order valence-corrected chi connectivity index (χ1v) is 5.89. The van der Waals surface area contributed by atoms with Crippen LogP contribution < -0.4 is 5.32 Å². The van der Waals surface area contributed by atoms with Gasteiger partial charge in [0.25, 0.3) is 0 Å². The molecule has 0 heterocycles. The lowest BCUT2D eigenvalue weighted by Crippen LogP contribution is -2.35. The fourth-order valence-corrected chi connectivity index (χ4v) is 1.44. The van der Waals surface area contributed by atoms with Crippen molar-refractivity contribution in [2.75, 3.05) is 12.5 Å². The molecule has 1 rings (SSSR count). The third-order valence-corrected chi connectivity index (χ3v) is 2.40. The molecule has 0 fully saturated rings. The Bertz CT molecular complexity index is 422. The van der Waals surface area contributed by atoms with Crippen molar-refractivity contribution in [3.63, 3.8) is 0 Å². The first-order chi connectivity index (χ1) is 8.58. The van der Waals surface area contributed by atoms with Gasteiger partial charge in [0.1, 0.15) is 11.7 Å². The molecule has 1 aromatic carbocycles. The van der Waals surface area contributed by atoms with Gasteiger partial charge in [-0.05, 0) is 24.6 Å². The van der Waals surface area contributed by atoms with Crippen molar-refractivity contribution in [1.82, 2.24) is 5.32 Å². The molecule has 98 valence electrons. The second-order valence-corrected chi connectivity index (χ2v) is 3.71. The summed E-state index contributed by atoms with van der Waals surface area (Å²) in [5.41, 5.74) is 0.438. The van der Waals surface area contributed by atoms with Crippen LogP contribution in [0.15, 0.2) is 24.3 Å². The summed E-state index contributed by atoms with van der Waals surface area (Å²) < 4.78 is 17.6. The number of halogens is 2. The van der Waals surface area contributed by atoms with Crippen LogP contribution in [0.1, 0.15) is 18.5 Å². The number of benzene rings is 1. The molecule has 0 spiro atoms. The Morgan fingerprint density at radius 3 is 2.50 bits per heavy atom. The normalized spacial score (nSPS) is 11.7. The van der Waals surface area contributed by atoms with E-state index in [-0.39, 0.29) is 12.5 Å². The summed E-state index contributed by atoms with van der Waals surface area (Å²) in [5.74, 6) is -1.80. The maximum Gasteiger partial charge on any atom is 0.333 e. The SMILES string of the molecule is CCOC(=O)[C@@H](NC(=O)CCl)c1ccc(F)cc1. The maximum absolute atomic E-state index is 12.8. The molecular formula is C12H13ClFNO3. The molecule has 1 N–H and O–H groups in total. The molecule has 0 aliphatic heterocycles. The Hall–Kier alpha value is -1.62. The van der Waals surface area contributed by atoms with Crippen molar-refractivity contribution in [2.24, 2.45) is 0 Å². The van der Waals surface area contributed by atoms with Crippen molar-refractivity contribution in [3.05, 3.63) is 35.6 Å². The summed E-state index contributed by atoms with van der Waals surface area (Å²) >= 11 is 5.37. The molecule has 1 amide bonds. The first-order valence-electron chi connectivity index (χ1n) is 5.36. The van der Waals surface area contributed by atoms with Crippen molar-refractivity contribution in [1.29, 1.82) is 0 Å². The van der Waals surface area contributed by atoms with E-state index in [2.05, 4.69) is 5.32 Å². The molecule has 1 atom stereocenters. The standard InChI is InChI=1S/C12H13ClFNO3/c1-2-18-12(17)11(15-10(16)7-13)8-3-5-9(14)6-4-8/h3-6,11H,2,7H2,1H3,(H,15,16)/t11-/m0/s1. The average Bonchev–Trinajstić information content (AvgIpc) is 2.37. The van der Waals surface area contributed by atoms with E-state index in [1.165, 1.54) is 24.3 Å². The van der Waals surface area contributed by atoms with E-state index in [4.69, 9.17) is 16.3 Å². The number of ether oxygens (including phenoxy) is 1. The number of nitrogens with one attached hydrogen (secondary N) is 1. The van der Waals surface area contributed by atoms with Crippen molar-refractivity contribution in [2.45, 2.75) is 13.0 Å². The number of hydrogen-bond acceptors (Lipinski definition) is 3. The van der Waals surface area contributed by atoms with Gasteiger partial charge in [0.2, 0.25) is 5.91 Å². The molecule has 0 saturated carbocycles.